The molecule has 116 valence electrons. The molecule has 0 fully saturated rings. The van der Waals surface area contributed by atoms with E-state index in [1.54, 1.807) is 24.4 Å². The Morgan fingerprint density at radius 3 is 2.83 bits per heavy atom. The smallest absolute Gasteiger partial charge is 0.275 e. The van der Waals surface area contributed by atoms with E-state index < -0.39 is 0 Å². The summed E-state index contributed by atoms with van der Waals surface area (Å²) in [6, 6.07) is 11.1. The van der Waals surface area contributed by atoms with Crippen molar-refractivity contribution >= 4 is 17.2 Å². The van der Waals surface area contributed by atoms with Gasteiger partial charge in [-0.15, -0.1) is 0 Å². The van der Waals surface area contributed by atoms with Crippen molar-refractivity contribution < 1.29 is 14.3 Å². The SMILES string of the molecule is Cc1cccc2nc(C(=O)Nc3ccc4c(c3)OCCO4)cn12. The van der Waals surface area contributed by atoms with Gasteiger partial charge in [0.2, 0.25) is 0 Å². The number of hydrogen-bond donors (Lipinski definition) is 1. The van der Waals surface area contributed by atoms with Crippen LogP contribution in [-0.2, 0) is 0 Å². The minimum atomic E-state index is -0.259. The topological polar surface area (TPSA) is 64.9 Å². The number of nitrogens with zero attached hydrogens (tertiary/aromatic N) is 2. The van der Waals surface area contributed by atoms with E-state index in [-0.39, 0.29) is 5.91 Å². The van der Waals surface area contributed by atoms with E-state index in [1.165, 1.54) is 0 Å². The average Bonchev–Trinajstić information content (AvgIpc) is 3.01. The van der Waals surface area contributed by atoms with Crippen molar-refractivity contribution in [1.82, 2.24) is 9.38 Å². The lowest BCUT2D eigenvalue weighted by Gasteiger charge is -2.18. The summed E-state index contributed by atoms with van der Waals surface area (Å²) in [4.78, 5) is 16.8. The molecule has 0 bridgehead atoms. The zero-order valence-electron chi connectivity index (χ0n) is 12.6. The van der Waals surface area contributed by atoms with Crippen molar-refractivity contribution in [2.45, 2.75) is 6.92 Å². The Balaban J connectivity index is 1.60. The number of aromatic nitrogens is 2. The average molecular weight is 309 g/mol. The number of rotatable bonds is 2. The zero-order chi connectivity index (χ0) is 15.8. The van der Waals surface area contributed by atoms with Gasteiger partial charge < -0.3 is 19.2 Å². The quantitative estimate of drug-likeness (QED) is 0.790. The third kappa shape index (κ3) is 2.48. The molecule has 0 saturated carbocycles. The molecule has 3 heterocycles. The Hall–Kier alpha value is -3.02. The molecule has 6 heteroatoms. The number of aryl methyl sites for hydroxylation is 1. The standard InChI is InChI=1S/C17H15N3O3/c1-11-3-2-4-16-19-13(10-20(11)16)17(21)18-12-5-6-14-15(9-12)23-8-7-22-14/h2-6,9-10H,7-8H2,1H3,(H,18,21). The van der Waals surface area contributed by atoms with Crippen LogP contribution in [0.1, 0.15) is 16.2 Å². The highest BCUT2D eigenvalue weighted by atomic mass is 16.6. The fourth-order valence-electron chi connectivity index (χ4n) is 2.57. The second kappa shape index (κ2) is 5.31. The number of ether oxygens (including phenoxy) is 2. The molecular weight excluding hydrogens is 294 g/mol. The number of nitrogens with one attached hydrogen (secondary N) is 1. The summed E-state index contributed by atoms with van der Waals surface area (Å²) >= 11 is 0. The molecule has 1 N–H and O–H groups in total. The lowest BCUT2D eigenvalue weighted by molar-refractivity contribution is 0.102. The van der Waals surface area contributed by atoms with E-state index in [2.05, 4.69) is 10.3 Å². The molecule has 0 saturated heterocycles. The largest absolute Gasteiger partial charge is 0.486 e. The van der Waals surface area contributed by atoms with Crippen LogP contribution in [0.15, 0.2) is 42.6 Å². The number of hydrogen-bond acceptors (Lipinski definition) is 4. The molecule has 4 rings (SSSR count). The number of fused-ring (bicyclic) bond motifs is 2. The molecule has 1 aliphatic heterocycles. The molecular formula is C17H15N3O3. The van der Waals surface area contributed by atoms with Crippen LogP contribution in [-0.4, -0.2) is 28.5 Å². The van der Waals surface area contributed by atoms with Crippen LogP contribution in [0.3, 0.4) is 0 Å². The van der Waals surface area contributed by atoms with E-state index in [0.29, 0.717) is 36.1 Å². The van der Waals surface area contributed by atoms with Crippen molar-refractivity contribution in [3.8, 4) is 11.5 Å². The van der Waals surface area contributed by atoms with Crippen LogP contribution in [0.5, 0.6) is 11.5 Å². The van der Waals surface area contributed by atoms with Crippen LogP contribution in [0.2, 0.25) is 0 Å². The second-order valence-electron chi connectivity index (χ2n) is 5.33. The summed E-state index contributed by atoms with van der Waals surface area (Å²) in [6.45, 7) is 3.02. The normalized spacial score (nSPS) is 13.1. The number of carbonyl (C=O) groups excluding carboxylic acids is 1. The Labute approximate surface area is 132 Å². The van der Waals surface area contributed by atoms with Gasteiger partial charge in [0, 0.05) is 23.6 Å². The number of imidazole rings is 1. The predicted octanol–water partition coefficient (Wildman–Crippen LogP) is 2.67. The van der Waals surface area contributed by atoms with Crippen molar-refractivity contribution in [2.24, 2.45) is 0 Å². The summed E-state index contributed by atoms with van der Waals surface area (Å²) in [5.41, 5.74) is 2.79. The predicted molar refractivity (Wildman–Crippen MR) is 85.3 cm³/mol. The van der Waals surface area contributed by atoms with Gasteiger partial charge in [-0.25, -0.2) is 4.98 Å². The molecule has 0 spiro atoms. The molecule has 0 aliphatic carbocycles. The Morgan fingerprint density at radius 1 is 1.17 bits per heavy atom. The second-order valence-corrected chi connectivity index (χ2v) is 5.33. The van der Waals surface area contributed by atoms with Crippen LogP contribution in [0.4, 0.5) is 5.69 Å². The summed E-state index contributed by atoms with van der Waals surface area (Å²) in [7, 11) is 0. The monoisotopic (exact) mass is 309 g/mol. The van der Waals surface area contributed by atoms with E-state index in [4.69, 9.17) is 9.47 Å². The lowest BCUT2D eigenvalue weighted by Crippen LogP contribution is -2.16. The number of anilines is 1. The minimum absolute atomic E-state index is 0.259. The van der Waals surface area contributed by atoms with Crippen molar-refractivity contribution in [3.63, 3.8) is 0 Å². The lowest BCUT2D eigenvalue weighted by atomic mass is 10.2. The molecule has 1 amide bonds. The molecule has 1 aliphatic rings. The van der Waals surface area contributed by atoms with Crippen LogP contribution in [0.25, 0.3) is 5.65 Å². The first-order valence-corrected chi connectivity index (χ1v) is 7.36. The highest BCUT2D eigenvalue weighted by Gasteiger charge is 2.15. The van der Waals surface area contributed by atoms with Gasteiger partial charge in [-0.3, -0.25) is 4.79 Å². The van der Waals surface area contributed by atoms with Crippen LogP contribution >= 0.6 is 0 Å². The van der Waals surface area contributed by atoms with Gasteiger partial charge in [-0.1, -0.05) is 6.07 Å². The number of carbonyl (C=O) groups is 1. The maximum Gasteiger partial charge on any atom is 0.275 e. The third-order valence-electron chi connectivity index (χ3n) is 3.73. The van der Waals surface area contributed by atoms with Gasteiger partial charge in [0.15, 0.2) is 11.5 Å². The molecule has 3 aromatic rings. The number of benzene rings is 1. The molecule has 0 radical (unpaired) electrons. The first kappa shape index (κ1) is 13.6. The zero-order valence-corrected chi connectivity index (χ0v) is 12.6. The Kier molecular flexibility index (Phi) is 3.15. The Morgan fingerprint density at radius 2 is 2.00 bits per heavy atom. The summed E-state index contributed by atoms with van der Waals surface area (Å²) < 4.78 is 12.9. The molecule has 1 aromatic carbocycles. The van der Waals surface area contributed by atoms with Gasteiger partial charge in [-0.2, -0.15) is 0 Å². The first-order chi connectivity index (χ1) is 11.2. The number of amides is 1. The minimum Gasteiger partial charge on any atom is -0.486 e. The maximum atomic E-state index is 12.4. The third-order valence-corrected chi connectivity index (χ3v) is 3.73. The highest BCUT2D eigenvalue weighted by Crippen LogP contribution is 2.32. The summed E-state index contributed by atoms with van der Waals surface area (Å²) in [5, 5.41) is 2.84. The van der Waals surface area contributed by atoms with Gasteiger partial charge in [0.05, 0.1) is 0 Å². The van der Waals surface area contributed by atoms with Crippen molar-refractivity contribution in [3.05, 3.63) is 54.0 Å². The molecule has 0 atom stereocenters. The van der Waals surface area contributed by atoms with Crippen molar-refractivity contribution in [1.29, 1.82) is 0 Å². The van der Waals surface area contributed by atoms with Crippen LogP contribution in [0, 0.1) is 6.92 Å². The fourth-order valence-corrected chi connectivity index (χ4v) is 2.57. The van der Waals surface area contributed by atoms with Gasteiger partial charge in [0.25, 0.3) is 5.91 Å². The molecule has 23 heavy (non-hydrogen) atoms. The van der Waals surface area contributed by atoms with Gasteiger partial charge >= 0.3 is 0 Å². The first-order valence-electron chi connectivity index (χ1n) is 7.36. The van der Waals surface area contributed by atoms with Crippen molar-refractivity contribution in [2.75, 3.05) is 18.5 Å². The van der Waals surface area contributed by atoms with E-state index in [9.17, 15) is 4.79 Å². The van der Waals surface area contributed by atoms with E-state index in [1.807, 2.05) is 29.5 Å². The Bertz CT molecular complexity index is 901. The summed E-state index contributed by atoms with van der Waals surface area (Å²) in [6.07, 6.45) is 1.73. The molecule has 2 aromatic heterocycles. The van der Waals surface area contributed by atoms with Gasteiger partial charge in [0.1, 0.15) is 24.6 Å². The van der Waals surface area contributed by atoms with E-state index in [0.717, 1.165) is 11.3 Å². The highest BCUT2D eigenvalue weighted by molar-refractivity contribution is 6.03. The number of pyridine rings is 1. The van der Waals surface area contributed by atoms with Gasteiger partial charge in [-0.05, 0) is 31.2 Å². The fraction of sp³-hybridized carbons (Fsp3) is 0.176. The molecule has 6 nitrogen and oxygen atoms in total. The summed E-state index contributed by atoms with van der Waals surface area (Å²) in [5.74, 6) is 1.07. The van der Waals surface area contributed by atoms with Crippen LogP contribution < -0.4 is 14.8 Å². The van der Waals surface area contributed by atoms with E-state index >= 15 is 0 Å². The molecule has 0 unspecified atom stereocenters. The maximum absolute atomic E-state index is 12.4.